The van der Waals surface area contributed by atoms with Gasteiger partial charge in [0.2, 0.25) is 0 Å². The summed E-state index contributed by atoms with van der Waals surface area (Å²) in [5.41, 5.74) is 12.0. The topological polar surface area (TPSA) is 78.3 Å². The second kappa shape index (κ2) is 6.02. The molecule has 4 nitrogen and oxygen atoms in total. The molecule has 1 unspecified atom stereocenters. The van der Waals surface area contributed by atoms with Gasteiger partial charge in [0.1, 0.15) is 5.75 Å². The Kier molecular flexibility index (Phi) is 4.96. The van der Waals surface area contributed by atoms with Crippen molar-refractivity contribution in [2.24, 2.45) is 11.5 Å². The van der Waals surface area contributed by atoms with Crippen molar-refractivity contribution >= 4 is 21.8 Å². The molecule has 0 aliphatic heterocycles. The average molecular weight is 301 g/mol. The van der Waals surface area contributed by atoms with Crippen LogP contribution in [-0.4, -0.2) is 12.0 Å². The van der Waals surface area contributed by atoms with E-state index in [0.29, 0.717) is 12.2 Å². The molecule has 0 aromatic heterocycles. The third kappa shape index (κ3) is 3.71. The molecule has 1 rings (SSSR count). The molecule has 4 N–H and O–H groups in total. The quantitative estimate of drug-likeness (QED) is 0.874. The highest BCUT2D eigenvalue weighted by Crippen LogP contribution is 2.28. The highest BCUT2D eigenvalue weighted by Gasteiger charge is 2.17. The van der Waals surface area contributed by atoms with Crippen molar-refractivity contribution in [3.8, 4) is 5.75 Å². The van der Waals surface area contributed by atoms with E-state index in [9.17, 15) is 4.79 Å². The Morgan fingerprint density at radius 2 is 2.18 bits per heavy atom. The maximum Gasteiger partial charge on any atom is 0.258 e. The van der Waals surface area contributed by atoms with Crippen LogP contribution >= 0.6 is 15.9 Å². The summed E-state index contributed by atoms with van der Waals surface area (Å²) in [6.45, 7) is 3.71. The number of carbonyl (C=O) groups excluding carboxylic acids is 1. The Labute approximate surface area is 109 Å². The number of ether oxygens (including phenoxy) is 1. The number of halogens is 1. The van der Waals surface area contributed by atoms with Crippen molar-refractivity contribution in [2.75, 3.05) is 0 Å². The molecule has 0 spiro atoms. The Morgan fingerprint density at radius 3 is 2.65 bits per heavy atom. The van der Waals surface area contributed by atoms with E-state index in [1.807, 2.05) is 26.0 Å². The smallest absolute Gasteiger partial charge is 0.258 e. The Balaban J connectivity index is 3.01. The molecule has 2 atom stereocenters. The van der Waals surface area contributed by atoms with Crippen molar-refractivity contribution in [3.63, 3.8) is 0 Å². The first-order chi connectivity index (χ1) is 7.95. The predicted molar refractivity (Wildman–Crippen MR) is 70.6 cm³/mol. The van der Waals surface area contributed by atoms with Gasteiger partial charge in [-0.3, -0.25) is 4.79 Å². The zero-order valence-corrected chi connectivity index (χ0v) is 11.5. The zero-order chi connectivity index (χ0) is 13.0. The molecule has 0 heterocycles. The molecule has 0 aliphatic rings. The Bertz CT molecular complexity index is 407. The van der Waals surface area contributed by atoms with Crippen LogP contribution in [0.4, 0.5) is 0 Å². The summed E-state index contributed by atoms with van der Waals surface area (Å²) in [5.74, 6) is 0.139. The molecule has 0 radical (unpaired) electrons. The van der Waals surface area contributed by atoms with E-state index in [0.717, 1.165) is 10.0 Å². The van der Waals surface area contributed by atoms with Crippen molar-refractivity contribution in [3.05, 3.63) is 28.2 Å². The summed E-state index contributed by atoms with van der Waals surface area (Å²) in [5, 5.41) is 0. The monoisotopic (exact) mass is 300 g/mol. The molecule has 17 heavy (non-hydrogen) atoms. The molecule has 0 bridgehead atoms. The highest BCUT2D eigenvalue weighted by atomic mass is 79.9. The van der Waals surface area contributed by atoms with Crippen molar-refractivity contribution in [1.82, 2.24) is 0 Å². The van der Waals surface area contributed by atoms with E-state index >= 15 is 0 Å². The number of nitrogens with two attached hydrogens (primary N) is 2. The lowest BCUT2D eigenvalue weighted by Crippen LogP contribution is -2.33. The first kappa shape index (κ1) is 14.0. The summed E-state index contributed by atoms with van der Waals surface area (Å²) >= 11 is 3.37. The van der Waals surface area contributed by atoms with Gasteiger partial charge in [0, 0.05) is 16.1 Å². The van der Waals surface area contributed by atoms with Gasteiger partial charge in [-0.25, -0.2) is 0 Å². The summed E-state index contributed by atoms with van der Waals surface area (Å²) in [4.78, 5) is 11.1. The normalized spacial score (nSPS) is 14.1. The van der Waals surface area contributed by atoms with Crippen LogP contribution in [0.5, 0.6) is 5.75 Å². The number of benzene rings is 1. The molecule has 94 valence electrons. The van der Waals surface area contributed by atoms with Crippen LogP contribution in [0.1, 0.15) is 31.9 Å². The molecular formula is C12H17BrN2O2. The molecule has 0 aliphatic carbocycles. The first-order valence-electron chi connectivity index (χ1n) is 5.46. The van der Waals surface area contributed by atoms with Gasteiger partial charge in [0.15, 0.2) is 6.10 Å². The van der Waals surface area contributed by atoms with Gasteiger partial charge in [-0.15, -0.1) is 0 Å². The van der Waals surface area contributed by atoms with Crippen molar-refractivity contribution in [2.45, 2.75) is 32.4 Å². The van der Waals surface area contributed by atoms with Gasteiger partial charge in [-0.05, 0) is 31.5 Å². The molecule has 5 heteroatoms. The molecule has 1 aromatic carbocycles. The molecule has 0 fully saturated rings. The van der Waals surface area contributed by atoms with Crippen LogP contribution < -0.4 is 16.2 Å². The Hall–Kier alpha value is -1.07. The van der Waals surface area contributed by atoms with E-state index in [4.69, 9.17) is 16.2 Å². The lowest BCUT2D eigenvalue weighted by atomic mass is 10.1. The minimum atomic E-state index is -0.617. The van der Waals surface area contributed by atoms with Gasteiger partial charge in [0.25, 0.3) is 5.91 Å². The third-order valence-electron chi connectivity index (χ3n) is 2.42. The van der Waals surface area contributed by atoms with Crippen LogP contribution in [0, 0.1) is 0 Å². The van der Waals surface area contributed by atoms with Gasteiger partial charge in [-0.1, -0.05) is 22.9 Å². The van der Waals surface area contributed by atoms with Crippen LogP contribution in [-0.2, 0) is 4.79 Å². The predicted octanol–water partition coefficient (Wildman–Crippen LogP) is 2.11. The van der Waals surface area contributed by atoms with Crippen molar-refractivity contribution < 1.29 is 9.53 Å². The minimum absolute atomic E-state index is 0.173. The number of amides is 1. The minimum Gasteiger partial charge on any atom is -0.480 e. The van der Waals surface area contributed by atoms with Gasteiger partial charge >= 0.3 is 0 Å². The molecule has 0 saturated heterocycles. The third-order valence-corrected chi connectivity index (χ3v) is 2.91. The van der Waals surface area contributed by atoms with E-state index in [-0.39, 0.29) is 6.04 Å². The summed E-state index contributed by atoms with van der Waals surface area (Å²) in [6, 6.07) is 5.34. The standard InChI is InChI=1S/C12H17BrN2O2/c1-3-10(12(15)16)17-11-5-4-8(13)6-9(11)7(2)14/h4-7,10H,3,14H2,1-2H3,(H2,15,16)/t7-,10?/m0/s1. The SMILES string of the molecule is CCC(Oc1ccc(Br)cc1[C@H](C)N)C(N)=O. The molecule has 1 amide bonds. The molecule has 0 saturated carbocycles. The lowest BCUT2D eigenvalue weighted by Gasteiger charge is -2.19. The largest absolute Gasteiger partial charge is 0.480 e. The number of primary amides is 1. The van der Waals surface area contributed by atoms with Crippen LogP contribution in [0.25, 0.3) is 0 Å². The highest BCUT2D eigenvalue weighted by molar-refractivity contribution is 9.10. The number of rotatable bonds is 5. The van der Waals surface area contributed by atoms with E-state index in [1.165, 1.54) is 0 Å². The van der Waals surface area contributed by atoms with Crippen LogP contribution in [0.3, 0.4) is 0 Å². The maximum absolute atomic E-state index is 11.1. The maximum atomic E-state index is 11.1. The van der Waals surface area contributed by atoms with Crippen LogP contribution in [0.2, 0.25) is 0 Å². The summed E-state index contributed by atoms with van der Waals surface area (Å²) in [6.07, 6.45) is -0.0854. The molecule has 1 aromatic rings. The van der Waals surface area contributed by atoms with Crippen LogP contribution in [0.15, 0.2) is 22.7 Å². The fourth-order valence-corrected chi connectivity index (χ4v) is 1.86. The summed E-state index contributed by atoms with van der Waals surface area (Å²) in [7, 11) is 0. The molecular weight excluding hydrogens is 284 g/mol. The summed E-state index contributed by atoms with van der Waals surface area (Å²) < 4.78 is 6.52. The van der Waals surface area contributed by atoms with Gasteiger partial charge in [0.05, 0.1) is 0 Å². The number of hydrogen-bond acceptors (Lipinski definition) is 3. The van der Waals surface area contributed by atoms with E-state index in [1.54, 1.807) is 6.07 Å². The van der Waals surface area contributed by atoms with E-state index < -0.39 is 12.0 Å². The van der Waals surface area contributed by atoms with Crippen molar-refractivity contribution in [1.29, 1.82) is 0 Å². The Morgan fingerprint density at radius 1 is 1.53 bits per heavy atom. The first-order valence-corrected chi connectivity index (χ1v) is 6.26. The second-order valence-electron chi connectivity index (χ2n) is 3.89. The van der Waals surface area contributed by atoms with E-state index in [2.05, 4.69) is 15.9 Å². The fourth-order valence-electron chi connectivity index (χ4n) is 1.48. The average Bonchev–Trinajstić information content (AvgIpc) is 2.26. The van der Waals surface area contributed by atoms with Gasteiger partial charge < -0.3 is 16.2 Å². The van der Waals surface area contributed by atoms with Gasteiger partial charge in [-0.2, -0.15) is 0 Å². The zero-order valence-electron chi connectivity index (χ0n) is 9.94. The number of hydrogen-bond donors (Lipinski definition) is 2. The fraction of sp³-hybridized carbons (Fsp3) is 0.417. The lowest BCUT2D eigenvalue weighted by molar-refractivity contribution is -0.124. The second-order valence-corrected chi connectivity index (χ2v) is 4.80. The number of carbonyl (C=O) groups is 1.